The van der Waals surface area contributed by atoms with Gasteiger partial charge in [0.25, 0.3) is 0 Å². The van der Waals surface area contributed by atoms with E-state index >= 15 is 0 Å². The summed E-state index contributed by atoms with van der Waals surface area (Å²) < 4.78 is 15.0. The van der Waals surface area contributed by atoms with Crippen LogP contribution in [0.3, 0.4) is 0 Å². The van der Waals surface area contributed by atoms with Gasteiger partial charge in [-0.05, 0) is 0 Å². The second-order valence-electron chi connectivity index (χ2n) is 3.60. The summed E-state index contributed by atoms with van der Waals surface area (Å²) in [4.78, 5) is 0. The molecule has 6 heteroatoms. The van der Waals surface area contributed by atoms with E-state index in [1.54, 1.807) is 0 Å². The van der Waals surface area contributed by atoms with Crippen LogP contribution in [0.1, 0.15) is 0 Å². The fraction of sp³-hybridized carbons (Fsp3) is 1.00. The summed E-state index contributed by atoms with van der Waals surface area (Å²) >= 11 is 0. The third-order valence-corrected chi connectivity index (χ3v) is 2.47. The summed E-state index contributed by atoms with van der Waals surface area (Å²) in [6.45, 7) is 0.316. The number of methoxy groups -OCH3 is 2. The van der Waals surface area contributed by atoms with Gasteiger partial charge in [-0.25, -0.2) is 0 Å². The molecular weight excluding hydrogens is 204 g/mol. The molecule has 0 bridgehead atoms. The van der Waals surface area contributed by atoms with Crippen LogP contribution in [-0.4, -0.2) is 73.3 Å². The Morgan fingerprint density at radius 2 is 1.27 bits per heavy atom. The Hall–Kier alpha value is -0.240. The molecule has 0 aromatic rings. The van der Waals surface area contributed by atoms with Gasteiger partial charge in [-0.15, -0.1) is 0 Å². The maximum absolute atomic E-state index is 9.57. The van der Waals surface area contributed by atoms with Crippen molar-refractivity contribution in [1.82, 2.24) is 0 Å². The van der Waals surface area contributed by atoms with Crippen LogP contribution in [-0.2, 0) is 14.2 Å². The normalized spacial score (nSPS) is 41.8. The standard InChI is InChI=1S/C9H18O6/c1-13-3-5-7(10)9(12)8(11)6(15-5)4-14-2/h5-12H,3-4H2,1-2H3/t5-,6?,7?,8-,9?/m1/s1. The molecule has 0 aliphatic carbocycles. The first-order valence-corrected chi connectivity index (χ1v) is 4.79. The van der Waals surface area contributed by atoms with E-state index < -0.39 is 30.5 Å². The molecule has 1 heterocycles. The Morgan fingerprint density at radius 3 is 1.60 bits per heavy atom. The van der Waals surface area contributed by atoms with Gasteiger partial charge in [-0.2, -0.15) is 0 Å². The number of aliphatic hydroxyl groups excluding tert-OH is 3. The van der Waals surface area contributed by atoms with Gasteiger partial charge in [0.05, 0.1) is 13.2 Å². The molecule has 1 saturated heterocycles. The van der Waals surface area contributed by atoms with Crippen LogP contribution in [0, 0.1) is 0 Å². The fourth-order valence-electron chi connectivity index (χ4n) is 1.63. The minimum Gasteiger partial charge on any atom is -0.388 e. The van der Waals surface area contributed by atoms with E-state index in [1.807, 2.05) is 0 Å². The van der Waals surface area contributed by atoms with Gasteiger partial charge in [0, 0.05) is 14.2 Å². The molecule has 15 heavy (non-hydrogen) atoms. The Labute approximate surface area is 88.4 Å². The molecule has 1 aliphatic rings. The second-order valence-corrected chi connectivity index (χ2v) is 3.60. The Kier molecular flexibility index (Phi) is 4.91. The highest BCUT2D eigenvalue weighted by Gasteiger charge is 2.43. The molecule has 1 fully saturated rings. The molecule has 3 unspecified atom stereocenters. The molecule has 1 aliphatic heterocycles. The van der Waals surface area contributed by atoms with Crippen molar-refractivity contribution in [2.75, 3.05) is 27.4 Å². The highest BCUT2D eigenvalue weighted by Crippen LogP contribution is 2.21. The van der Waals surface area contributed by atoms with Crippen molar-refractivity contribution in [3.05, 3.63) is 0 Å². The highest BCUT2D eigenvalue weighted by molar-refractivity contribution is 4.91. The number of rotatable bonds is 4. The monoisotopic (exact) mass is 222 g/mol. The Morgan fingerprint density at radius 1 is 0.867 bits per heavy atom. The quantitative estimate of drug-likeness (QED) is 0.516. The van der Waals surface area contributed by atoms with Crippen molar-refractivity contribution in [3.63, 3.8) is 0 Å². The second kappa shape index (κ2) is 5.74. The average molecular weight is 222 g/mol. The number of hydrogen-bond acceptors (Lipinski definition) is 6. The summed E-state index contributed by atoms with van der Waals surface area (Å²) in [5.74, 6) is 0. The van der Waals surface area contributed by atoms with Crippen molar-refractivity contribution in [1.29, 1.82) is 0 Å². The lowest BCUT2D eigenvalue weighted by Gasteiger charge is -2.40. The van der Waals surface area contributed by atoms with E-state index in [9.17, 15) is 15.3 Å². The molecule has 0 radical (unpaired) electrons. The van der Waals surface area contributed by atoms with Gasteiger partial charge in [0.2, 0.25) is 0 Å². The molecule has 0 saturated carbocycles. The molecule has 90 valence electrons. The lowest BCUT2D eigenvalue weighted by molar-refractivity contribution is -0.239. The van der Waals surface area contributed by atoms with Gasteiger partial charge in [0.1, 0.15) is 30.5 Å². The molecule has 6 nitrogen and oxygen atoms in total. The van der Waals surface area contributed by atoms with Gasteiger partial charge < -0.3 is 29.5 Å². The number of hydrogen-bond donors (Lipinski definition) is 3. The highest BCUT2D eigenvalue weighted by atomic mass is 16.6. The zero-order chi connectivity index (χ0) is 11.4. The maximum Gasteiger partial charge on any atom is 0.111 e. The molecule has 0 amide bonds. The van der Waals surface area contributed by atoms with Crippen molar-refractivity contribution in [3.8, 4) is 0 Å². The van der Waals surface area contributed by atoms with E-state index in [2.05, 4.69) is 0 Å². The first-order valence-electron chi connectivity index (χ1n) is 4.79. The van der Waals surface area contributed by atoms with Crippen LogP contribution >= 0.6 is 0 Å². The molecular formula is C9H18O6. The largest absolute Gasteiger partial charge is 0.388 e. The first-order chi connectivity index (χ1) is 7.11. The van der Waals surface area contributed by atoms with Gasteiger partial charge in [0.15, 0.2) is 0 Å². The van der Waals surface area contributed by atoms with E-state index in [4.69, 9.17) is 14.2 Å². The maximum atomic E-state index is 9.57. The van der Waals surface area contributed by atoms with Crippen molar-refractivity contribution < 1.29 is 29.5 Å². The molecule has 1 rings (SSSR count). The van der Waals surface area contributed by atoms with Gasteiger partial charge in [-0.1, -0.05) is 0 Å². The van der Waals surface area contributed by atoms with E-state index in [0.29, 0.717) is 0 Å². The summed E-state index contributed by atoms with van der Waals surface area (Å²) in [5.41, 5.74) is 0. The Balaban J connectivity index is 2.62. The number of ether oxygens (including phenoxy) is 3. The van der Waals surface area contributed by atoms with Crippen LogP contribution in [0.5, 0.6) is 0 Å². The molecule has 0 aromatic carbocycles. The molecule has 5 atom stereocenters. The third-order valence-electron chi connectivity index (χ3n) is 2.47. The summed E-state index contributed by atoms with van der Waals surface area (Å²) in [5, 5.41) is 28.7. The zero-order valence-corrected chi connectivity index (χ0v) is 8.87. The van der Waals surface area contributed by atoms with E-state index in [-0.39, 0.29) is 13.2 Å². The predicted molar refractivity (Wildman–Crippen MR) is 50.4 cm³/mol. The predicted octanol–water partition coefficient (Wildman–Crippen LogP) is -1.87. The topological polar surface area (TPSA) is 88.4 Å². The van der Waals surface area contributed by atoms with Crippen molar-refractivity contribution >= 4 is 0 Å². The average Bonchev–Trinajstić information content (AvgIpc) is 2.22. The minimum absolute atomic E-state index is 0.158. The lowest BCUT2D eigenvalue weighted by atomic mass is 9.95. The van der Waals surface area contributed by atoms with Crippen LogP contribution in [0.15, 0.2) is 0 Å². The molecule has 3 N–H and O–H groups in total. The van der Waals surface area contributed by atoms with Crippen LogP contribution in [0.4, 0.5) is 0 Å². The van der Waals surface area contributed by atoms with Crippen molar-refractivity contribution in [2.45, 2.75) is 30.5 Å². The zero-order valence-electron chi connectivity index (χ0n) is 8.87. The summed E-state index contributed by atoms with van der Waals surface area (Å²) in [6.07, 6.45) is -4.82. The summed E-state index contributed by atoms with van der Waals surface area (Å²) in [6, 6.07) is 0. The summed E-state index contributed by atoms with van der Waals surface area (Å²) in [7, 11) is 2.94. The van der Waals surface area contributed by atoms with Crippen molar-refractivity contribution in [2.24, 2.45) is 0 Å². The first kappa shape index (κ1) is 12.8. The molecule has 0 aromatic heterocycles. The van der Waals surface area contributed by atoms with Crippen LogP contribution in [0.25, 0.3) is 0 Å². The number of aliphatic hydroxyl groups is 3. The Bertz CT molecular complexity index is 169. The smallest absolute Gasteiger partial charge is 0.111 e. The third kappa shape index (κ3) is 2.87. The van der Waals surface area contributed by atoms with Crippen LogP contribution in [0.2, 0.25) is 0 Å². The van der Waals surface area contributed by atoms with E-state index in [1.165, 1.54) is 14.2 Å². The van der Waals surface area contributed by atoms with Crippen LogP contribution < -0.4 is 0 Å². The van der Waals surface area contributed by atoms with Gasteiger partial charge >= 0.3 is 0 Å². The fourth-order valence-corrected chi connectivity index (χ4v) is 1.63. The SMILES string of the molecule is COCC1O[C@H](COC)C(O)C(O)[C@@H]1O. The van der Waals surface area contributed by atoms with Gasteiger partial charge in [-0.3, -0.25) is 0 Å². The molecule has 0 spiro atoms. The minimum atomic E-state index is -1.24. The lowest BCUT2D eigenvalue weighted by Crippen LogP contribution is -2.59. The van der Waals surface area contributed by atoms with E-state index in [0.717, 1.165) is 0 Å².